The first-order valence-electron chi connectivity index (χ1n) is 7.31. The molecule has 0 radical (unpaired) electrons. The second kappa shape index (κ2) is 5.72. The van der Waals surface area contributed by atoms with E-state index in [4.69, 9.17) is 5.73 Å². The van der Waals surface area contributed by atoms with Gasteiger partial charge in [-0.15, -0.1) is 0 Å². The monoisotopic (exact) mass is 254 g/mol. The van der Waals surface area contributed by atoms with E-state index >= 15 is 0 Å². The SMILES string of the molecule is NC(CC1CCCCN1)c1cccc2ccccc12. The van der Waals surface area contributed by atoms with E-state index in [-0.39, 0.29) is 6.04 Å². The molecule has 3 N–H and O–H groups in total. The zero-order valence-corrected chi connectivity index (χ0v) is 11.3. The molecule has 0 saturated carbocycles. The largest absolute Gasteiger partial charge is 0.324 e. The molecule has 2 aromatic carbocycles. The molecule has 2 heteroatoms. The normalized spacial score (nSPS) is 21.4. The molecule has 19 heavy (non-hydrogen) atoms. The lowest BCUT2D eigenvalue weighted by atomic mass is 9.92. The van der Waals surface area contributed by atoms with Crippen LogP contribution in [0.5, 0.6) is 0 Å². The highest BCUT2D eigenvalue weighted by Gasteiger charge is 2.18. The molecule has 0 amide bonds. The molecule has 2 atom stereocenters. The first kappa shape index (κ1) is 12.6. The maximum Gasteiger partial charge on any atom is 0.0315 e. The Morgan fingerprint density at radius 3 is 2.79 bits per heavy atom. The quantitative estimate of drug-likeness (QED) is 0.881. The van der Waals surface area contributed by atoms with Gasteiger partial charge in [0.2, 0.25) is 0 Å². The average molecular weight is 254 g/mol. The third-order valence-corrected chi connectivity index (χ3v) is 4.17. The Labute approximate surface area is 115 Å². The zero-order chi connectivity index (χ0) is 13.1. The molecule has 100 valence electrons. The van der Waals surface area contributed by atoms with Crippen LogP contribution in [0.15, 0.2) is 42.5 Å². The first-order valence-corrected chi connectivity index (χ1v) is 7.31. The van der Waals surface area contributed by atoms with Crippen LogP contribution < -0.4 is 11.1 Å². The molecule has 0 bridgehead atoms. The predicted molar refractivity (Wildman–Crippen MR) is 81.1 cm³/mol. The third-order valence-electron chi connectivity index (χ3n) is 4.17. The Morgan fingerprint density at radius 2 is 1.95 bits per heavy atom. The maximum absolute atomic E-state index is 6.45. The number of benzene rings is 2. The summed E-state index contributed by atoms with van der Waals surface area (Å²) in [5, 5.41) is 6.17. The van der Waals surface area contributed by atoms with E-state index in [2.05, 4.69) is 47.8 Å². The van der Waals surface area contributed by atoms with Gasteiger partial charge in [-0.3, -0.25) is 0 Å². The minimum Gasteiger partial charge on any atom is -0.324 e. The van der Waals surface area contributed by atoms with E-state index in [0.29, 0.717) is 6.04 Å². The Morgan fingerprint density at radius 1 is 1.11 bits per heavy atom. The van der Waals surface area contributed by atoms with Crippen molar-refractivity contribution < 1.29 is 0 Å². The number of nitrogens with one attached hydrogen (secondary N) is 1. The fraction of sp³-hybridized carbons (Fsp3) is 0.412. The smallest absolute Gasteiger partial charge is 0.0315 e. The van der Waals surface area contributed by atoms with Crippen LogP contribution in [-0.4, -0.2) is 12.6 Å². The van der Waals surface area contributed by atoms with Crippen molar-refractivity contribution >= 4 is 10.8 Å². The lowest BCUT2D eigenvalue weighted by molar-refractivity contribution is 0.362. The summed E-state index contributed by atoms with van der Waals surface area (Å²) in [6.07, 6.45) is 4.94. The third kappa shape index (κ3) is 2.80. The molecule has 0 aliphatic carbocycles. The first-order chi connectivity index (χ1) is 9.34. The van der Waals surface area contributed by atoms with Crippen LogP contribution in [0.25, 0.3) is 10.8 Å². The van der Waals surface area contributed by atoms with Gasteiger partial charge in [-0.1, -0.05) is 48.9 Å². The minimum absolute atomic E-state index is 0.127. The molecular formula is C17H22N2. The van der Waals surface area contributed by atoms with E-state index in [1.165, 1.54) is 35.6 Å². The second-order valence-corrected chi connectivity index (χ2v) is 5.56. The average Bonchev–Trinajstić information content (AvgIpc) is 2.47. The van der Waals surface area contributed by atoms with Gasteiger partial charge in [0.05, 0.1) is 0 Å². The molecule has 0 spiro atoms. The highest BCUT2D eigenvalue weighted by Crippen LogP contribution is 2.26. The number of hydrogen-bond donors (Lipinski definition) is 2. The van der Waals surface area contributed by atoms with Crippen LogP contribution in [-0.2, 0) is 0 Å². The van der Waals surface area contributed by atoms with Crippen molar-refractivity contribution in [2.45, 2.75) is 37.8 Å². The van der Waals surface area contributed by atoms with Gasteiger partial charge in [-0.25, -0.2) is 0 Å². The van der Waals surface area contributed by atoms with Gasteiger partial charge in [0.25, 0.3) is 0 Å². The number of fused-ring (bicyclic) bond motifs is 1. The Bertz CT molecular complexity index is 538. The number of nitrogens with two attached hydrogens (primary N) is 1. The standard InChI is InChI=1S/C17H22N2/c18-17(12-14-8-3-4-11-19-14)16-10-5-7-13-6-1-2-9-15(13)16/h1-2,5-7,9-10,14,17,19H,3-4,8,11-12,18H2. The summed E-state index contributed by atoms with van der Waals surface area (Å²) in [7, 11) is 0. The number of hydrogen-bond acceptors (Lipinski definition) is 2. The van der Waals surface area contributed by atoms with Gasteiger partial charge in [0.1, 0.15) is 0 Å². The lowest BCUT2D eigenvalue weighted by Gasteiger charge is -2.26. The van der Waals surface area contributed by atoms with Gasteiger partial charge in [0.15, 0.2) is 0 Å². The van der Waals surface area contributed by atoms with Crippen LogP contribution in [0.1, 0.15) is 37.3 Å². The van der Waals surface area contributed by atoms with Crippen LogP contribution in [0.2, 0.25) is 0 Å². The summed E-state index contributed by atoms with van der Waals surface area (Å²) in [6, 6.07) is 15.7. The van der Waals surface area contributed by atoms with E-state index in [1.54, 1.807) is 0 Å². The topological polar surface area (TPSA) is 38.0 Å². The van der Waals surface area contributed by atoms with Crippen molar-refractivity contribution in [3.63, 3.8) is 0 Å². The second-order valence-electron chi connectivity index (χ2n) is 5.56. The Kier molecular flexibility index (Phi) is 3.81. The van der Waals surface area contributed by atoms with E-state index in [1.807, 2.05) is 0 Å². The van der Waals surface area contributed by atoms with Crippen molar-refractivity contribution in [3.05, 3.63) is 48.0 Å². The Hall–Kier alpha value is -1.38. The molecule has 1 heterocycles. The van der Waals surface area contributed by atoms with Gasteiger partial charge < -0.3 is 11.1 Å². The van der Waals surface area contributed by atoms with Crippen molar-refractivity contribution in [1.82, 2.24) is 5.32 Å². The van der Waals surface area contributed by atoms with E-state index < -0.39 is 0 Å². The van der Waals surface area contributed by atoms with Gasteiger partial charge in [-0.2, -0.15) is 0 Å². The van der Waals surface area contributed by atoms with Gasteiger partial charge in [-0.05, 0) is 42.1 Å². The molecule has 3 rings (SSSR count). The molecular weight excluding hydrogens is 232 g/mol. The molecule has 1 aliphatic heterocycles. The summed E-state index contributed by atoms with van der Waals surface area (Å²) >= 11 is 0. The number of rotatable bonds is 3. The summed E-state index contributed by atoms with van der Waals surface area (Å²) in [5.74, 6) is 0. The highest BCUT2D eigenvalue weighted by atomic mass is 14.9. The van der Waals surface area contributed by atoms with Crippen molar-refractivity contribution in [3.8, 4) is 0 Å². The van der Waals surface area contributed by atoms with Crippen LogP contribution >= 0.6 is 0 Å². The summed E-state index contributed by atoms with van der Waals surface area (Å²) in [5.41, 5.74) is 7.73. The minimum atomic E-state index is 0.127. The maximum atomic E-state index is 6.45. The van der Waals surface area contributed by atoms with Gasteiger partial charge in [0, 0.05) is 12.1 Å². The molecule has 1 fully saturated rings. The van der Waals surface area contributed by atoms with E-state index in [9.17, 15) is 0 Å². The van der Waals surface area contributed by atoms with Crippen molar-refractivity contribution in [2.75, 3.05) is 6.54 Å². The molecule has 1 saturated heterocycles. The lowest BCUT2D eigenvalue weighted by Crippen LogP contribution is -2.36. The van der Waals surface area contributed by atoms with Crippen LogP contribution in [0, 0.1) is 0 Å². The summed E-state index contributed by atoms with van der Waals surface area (Å²) < 4.78 is 0. The fourth-order valence-corrected chi connectivity index (χ4v) is 3.13. The predicted octanol–water partition coefficient (Wildman–Crippen LogP) is 3.37. The van der Waals surface area contributed by atoms with Crippen LogP contribution in [0.4, 0.5) is 0 Å². The molecule has 2 aromatic rings. The zero-order valence-electron chi connectivity index (χ0n) is 11.3. The number of piperidine rings is 1. The molecule has 2 unspecified atom stereocenters. The fourth-order valence-electron chi connectivity index (χ4n) is 3.13. The molecule has 1 aliphatic rings. The van der Waals surface area contributed by atoms with Crippen molar-refractivity contribution in [1.29, 1.82) is 0 Å². The summed E-state index contributed by atoms with van der Waals surface area (Å²) in [6.45, 7) is 1.15. The highest BCUT2D eigenvalue weighted by molar-refractivity contribution is 5.86. The van der Waals surface area contributed by atoms with E-state index in [0.717, 1.165) is 13.0 Å². The van der Waals surface area contributed by atoms with Gasteiger partial charge >= 0.3 is 0 Å². The van der Waals surface area contributed by atoms with Crippen LogP contribution in [0.3, 0.4) is 0 Å². The summed E-state index contributed by atoms with van der Waals surface area (Å²) in [4.78, 5) is 0. The Balaban J connectivity index is 1.82. The molecule has 0 aromatic heterocycles. The molecule has 2 nitrogen and oxygen atoms in total. The van der Waals surface area contributed by atoms with Crippen molar-refractivity contribution in [2.24, 2.45) is 5.73 Å².